The van der Waals surface area contributed by atoms with Crippen LogP contribution in [-0.4, -0.2) is 24.7 Å². The Balaban J connectivity index is 1.85. The van der Waals surface area contributed by atoms with Crippen LogP contribution in [-0.2, 0) is 0 Å². The van der Waals surface area contributed by atoms with Gasteiger partial charge in [0.1, 0.15) is 0 Å². The third-order valence-electron chi connectivity index (χ3n) is 2.88. The predicted octanol–water partition coefficient (Wildman–Crippen LogP) is 2.18. The molecule has 0 aromatic carbocycles. The Kier molecular flexibility index (Phi) is 3.53. The molecule has 0 saturated carbocycles. The molecular formula is C13H15N7S. The van der Waals surface area contributed by atoms with Gasteiger partial charge in [0.2, 0.25) is 11.9 Å². The lowest BCUT2D eigenvalue weighted by Gasteiger charge is -2.12. The van der Waals surface area contributed by atoms with E-state index in [-0.39, 0.29) is 12.0 Å². The maximum Gasteiger partial charge on any atom is 0.257 e. The molecule has 3 aromatic rings. The van der Waals surface area contributed by atoms with Crippen molar-refractivity contribution < 1.29 is 0 Å². The number of rotatable bonds is 4. The molecule has 0 aliphatic heterocycles. The molecule has 3 N–H and O–H groups in total. The zero-order chi connectivity index (χ0) is 14.8. The van der Waals surface area contributed by atoms with Crippen LogP contribution in [0.1, 0.15) is 22.7 Å². The van der Waals surface area contributed by atoms with Crippen LogP contribution in [0.4, 0.5) is 11.9 Å². The highest BCUT2D eigenvalue weighted by Crippen LogP contribution is 2.24. The molecule has 0 radical (unpaired) electrons. The largest absolute Gasteiger partial charge is 0.368 e. The van der Waals surface area contributed by atoms with E-state index in [9.17, 15) is 0 Å². The van der Waals surface area contributed by atoms with Crippen LogP contribution < -0.4 is 11.1 Å². The average Bonchev–Trinajstić information content (AvgIpc) is 3.08. The fourth-order valence-corrected chi connectivity index (χ4v) is 2.77. The van der Waals surface area contributed by atoms with E-state index in [2.05, 4.69) is 51.3 Å². The summed E-state index contributed by atoms with van der Waals surface area (Å²) in [5.74, 6) is 0.990. The normalized spacial score (nSPS) is 12.3. The Labute approximate surface area is 125 Å². The highest BCUT2D eigenvalue weighted by molar-refractivity contribution is 7.12. The minimum atomic E-state index is 0.0935. The first-order valence-corrected chi connectivity index (χ1v) is 7.28. The first-order valence-electron chi connectivity index (χ1n) is 6.46. The molecular weight excluding hydrogens is 286 g/mol. The second-order valence-corrected chi connectivity index (χ2v) is 5.90. The molecule has 1 unspecified atom stereocenters. The van der Waals surface area contributed by atoms with Crippen molar-refractivity contribution in [3.63, 3.8) is 0 Å². The number of hydrogen-bond donors (Lipinski definition) is 2. The van der Waals surface area contributed by atoms with Crippen LogP contribution >= 0.6 is 11.3 Å². The number of aromatic nitrogens is 5. The smallest absolute Gasteiger partial charge is 0.257 e. The Morgan fingerprint density at radius 3 is 2.81 bits per heavy atom. The number of nitrogens with zero attached hydrogens (tertiary/aromatic N) is 5. The second-order valence-electron chi connectivity index (χ2n) is 4.58. The third-order valence-corrected chi connectivity index (χ3v) is 4.07. The predicted molar refractivity (Wildman–Crippen MR) is 82.5 cm³/mol. The zero-order valence-corrected chi connectivity index (χ0v) is 12.5. The van der Waals surface area contributed by atoms with Crippen LogP contribution in [0.5, 0.6) is 0 Å². The molecule has 21 heavy (non-hydrogen) atoms. The van der Waals surface area contributed by atoms with E-state index in [1.807, 2.05) is 0 Å². The van der Waals surface area contributed by atoms with Gasteiger partial charge >= 0.3 is 0 Å². The number of hydrogen-bond acceptors (Lipinski definition) is 7. The number of thiophene rings is 1. The van der Waals surface area contributed by atoms with E-state index >= 15 is 0 Å². The molecule has 1 atom stereocenters. The summed E-state index contributed by atoms with van der Waals surface area (Å²) in [6.45, 7) is 4.14. The summed E-state index contributed by atoms with van der Waals surface area (Å²) in [5.41, 5.74) is 5.74. The van der Waals surface area contributed by atoms with Gasteiger partial charge in [-0.25, -0.2) is 4.68 Å². The van der Waals surface area contributed by atoms with E-state index in [4.69, 9.17) is 5.73 Å². The van der Waals surface area contributed by atoms with Gasteiger partial charge in [-0.1, -0.05) is 0 Å². The van der Waals surface area contributed by atoms with Crippen LogP contribution in [0.3, 0.4) is 0 Å². The van der Waals surface area contributed by atoms with E-state index < -0.39 is 0 Å². The standard InChI is InChI=1S/C13H15N7S/c1-8-4-5-10(21-8)9(2)16-12-17-11(14)18-13(19-12)20-7-3-6-15-20/h3-7,9H,1-2H3,(H3,14,16,17,18,19). The van der Waals surface area contributed by atoms with Gasteiger partial charge in [0, 0.05) is 22.1 Å². The van der Waals surface area contributed by atoms with Crippen LogP contribution in [0.25, 0.3) is 5.95 Å². The van der Waals surface area contributed by atoms with Crippen molar-refractivity contribution in [1.82, 2.24) is 24.7 Å². The van der Waals surface area contributed by atoms with E-state index in [0.717, 1.165) is 0 Å². The summed E-state index contributed by atoms with van der Waals surface area (Å²) in [6.07, 6.45) is 3.41. The van der Waals surface area contributed by atoms with Crippen molar-refractivity contribution in [3.05, 3.63) is 40.3 Å². The summed E-state index contributed by atoms with van der Waals surface area (Å²) < 4.78 is 1.54. The topological polar surface area (TPSA) is 94.5 Å². The molecule has 3 rings (SSSR count). The van der Waals surface area contributed by atoms with Crippen LogP contribution in [0.2, 0.25) is 0 Å². The van der Waals surface area contributed by atoms with E-state index in [1.54, 1.807) is 34.5 Å². The number of aryl methyl sites for hydroxylation is 1. The minimum absolute atomic E-state index is 0.0935. The molecule has 3 aromatic heterocycles. The molecule has 0 spiro atoms. The highest BCUT2D eigenvalue weighted by atomic mass is 32.1. The zero-order valence-electron chi connectivity index (χ0n) is 11.7. The fraction of sp³-hybridized carbons (Fsp3) is 0.231. The van der Waals surface area contributed by atoms with Gasteiger partial charge in [-0.2, -0.15) is 20.1 Å². The monoisotopic (exact) mass is 301 g/mol. The molecule has 3 heterocycles. The van der Waals surface area contributed by atoms with Gasteiger partial charge in [-0.3, -0.25) is 0 Å². The quantitative estimate of drug-likeness (QED) is 0.767. The Hall–Kier alpha value is -2.48. The molecule has 108 valence electrons. The molecule has 0 amide bonds. The minimum Gasteiger partial charge on any atom is -0.368 e. The van der Waals surface area contributed by atoms with Crippen molar-refractivity contribution in [2.75, 3.05) is 11.1 Å². The van der Waals surface area contributed by atoms with Gasteiger partial charge in [-0.15, -0.1) is 11.3 Å². The summed E-state index contributed by atoms with van der Waals surface area (Å²) >= 11 is 1.74. The van der Waals surface area contributed by atoms with Gasteiger partial charge in [0.05, 0.1) is 6.04 Å². The molecule has 8 heteroatoms. The SMILES string of the molecule is Cc1ccc(C(C)Nc2nc(N)nc(-n3cccn3)n2)s1. The summed E-state index contributed by atoms with van der Waals surface area (Å²) in [6, 6.07) is 6.08. The summed E-state index contributed by atoms with van der Waals surface area (Å²) in [7, 11) is 0. The molecule has 0 fully saturated rings. The van der Waals surface area contributed by atoms with Crippen LogP contribution in [0, 0.1) is 6.92 Å². The Morgan fingerprint density at radius 2 is 2.14 bits per heavy atom. The highest BCUT2D eigenvalue weighted by Gasteiger charge is 2.12. The number of nitrogens with one attached hydrogen (secondary N) is 1. The van der Waals surface area contributed by atoms with Crippen molar-refractivity contribution in [2.45, 2.75) is 19.9 Å². The van der Waals surface area contributed by atoms with Gasteiger partial charge in [0.25, 0.3) is 5.95 Å². The Morgan fingerprint density at radius 1 is 1.29 bits per heavy atom. The second kappa shape index (κ2) is 5.49. The van der Waals surface area contributed by atoms with Crippen molar-refractivity contribution in [3.8, 4) is 5.95 Å². The third kappa shape index (κ3) is 3.00. The lowest BCUT2D eigenvalue weighted by Crippen LogP contribution is -2.13. The van der Waals surface area contributed by atoms with E-state index in [1.165, 1.54) is 9.75 Å². The summed E-state index contributed by atoms with van der Waals surface area (Å²) in [4.78, 5) is 15.0. The molecule has 7 nitrogen and oxygen atoms in total. The fourth-order valence-electron chi connectivity index (χ4n) is 1.89. The maximum atomic E-state index is 5.74. The van der Waals surface area contributed by atoms with Crippen LogP contribution in [0.15, 0.2) is 30.6 Å². The molecule has 0 aliphatic rings. The Bertz CT molecular complexity index is 735. The lowest BCUT2D eigenvalue weighted by molar-refractivity contribution is 0.789. The molecule has 0 aliphatic carbocycles. The first kappa shape index (κ1) is 13.5. The molecule has 0 saturated heterocycles. The first-order chi connectivity index (χ1) is 10.1. The van der Waals surface area contributed by atoms with Crippen molar-refractivity contribution in [2.24, 2.45) is 0 Å². The lowest BCUT2D eigenvalue weighted by atomic mass is 10.3. The average molecular weight is 301 g/mol. The number of nitrogens with two attached hydrogens (primary N) is 1. The van der Waals surface area contributed by atoms with E-state index in [0.29, 0.717) is 11.9 Å². The van der Waals surface area contributed by atoms with Gasteiger partial charge in [-0.05, 0) is 32.0 Å². The maximum absolute atomic E-state index is 5.74. The van der Waals surface area contributed by atoms with Gasteiger partial charge < -0.3 is 11.1 Å². The number of anilines is 2. The molecule has 0 bridgehead atoms. The van der Waals surface area contributed by atoms with Crippen molar-refractivity contribution in [1.29, 1.82) is 0 Å². The van der Waals surface area contributed by atoms with Crippen molar-refractivity contribution >= 4 is 23.2 Å². The van der Waals surface area contributed by atoms with Gasteiger partial charge in [0.15, 0.2) is 0 Å². The summed E-state index contributed by atoms with van der Waals surface area (Å²) in [5, 5.41) is 7.33. The number of nitrogen functional groups attached to an aromatic ring is 1.